The largest absolute Gasteiger partial charge is 0.496 e. The Morgan fingerprint density at radius 3 is 2.35 bits per heavy atom. The number of piperidine rings is 1. The number of ether oxygens (including phenoxy) is 1. The van der Waals surface area contributed by atoms with Gasteiger partial charge in [0.2, 0.25) is 5.91 Å². The molecule has 2 aromatic carbocycles. The lowest BCUT2D eigenvalue weighted by molar-refractivity contribution is -0.136. The molecule has 2 amide bonds. The predicted molar refractivity (Wildman–Crippen MR) is 138 cm³/mol. The molecule has 1 atom stereocenters. The normalized spacial score (nSPS) is 19.1. The van der Waals surface area contributed by atoms with Crippen molar-refractivity contribution in [1.29, 1.82) is 0 Å². The van der Waals surface area contributed by atoms with E-state index in [4.69, 9.17) is 27.9 Å². The average molecular weight is 519 g/mol. The van der Waals surface area contributed by atoms with Crippen molar-refractivity contribution in [2.75, 3.05) is 33.3 Å². The fraction of sp³-hybridized carbons (Fsp3) is 0.385. The van der Waals surface area contributed by atoms with Crippen LogP contribution in [0.2, 0.25) is 10.0 Å². The summed E-state index contributed by atoms with van der Waals surface area (Å²) in [5.41, 5.74) is 0.437. The molecule has 0 aliphatic carbocycles. The van der Waals surface area contributed by atoms with Gasteiger partial charge in [0.05, 0.1) is 18.6 Å². The molecule has 2 saturated heterocycles. The van der Waals surface area contributed by atoms with Crippen LogP contribution in [-0.4, -0.2) is 54.9 Å². The fourth-order valence-electron chi connectivity index (χ4n) is 4.48. The summed E-state index contributed by atoms with van der Waals surface area (Å²) in [6, 6.07) is 12.8. The molecular weight excluding hydrogens is 491 g/mol. The number of carbonyl (C=O) groups excluding carboxylic acids is 2. The summed E-state index contributed by atoms with van der Waals surface area (Å²) in [5.74, 6) is 0.832. The number of likely N-dealkylation sites (tertiary alicyclic amines) is 2. The third-order valence-corrected chi connectivity index (χ3v) is 7.76. The minimum Gasteiger partial charge on any atom is -0.496 e. The van der Waals surface area contributed by atoms with Crippen molar-refractivity contribution in [2.45, 2.75) is 24.2 Å². The number of methoxy groups -OCH3 is 1. The van der Waals surface area contributed by atoms with Crippen molar-refractivity contribution in [3.05, 3.63) is 69.6 Å². The molecule has 0 saturated carbocycles. The van der Waals surface area contributed by atoms with E-state index < -0.39 is 0 Å². The van der Waals surface area contributed by atoms with Gasteiger partial charge in [0.15, 0.2) is 0 Å². The van der Waals surface area contributed by atoms with Gasteiger partial charge in [-0.2, -0.15) is 0 Å². The minimum atomic E-state index is -0.151. The summed E-state index contributed by atoms with van der Waals surface area (Å²) in [6.07, 6.45) is 4.84. The number of hydrogen-bond donors (Lipinski definition) is 0. The van der Waals surface area contributed by atoms with E-state index in [-0.39, 0.29) is 17.7 Å². The van der Waals surface area contributed by atoms with Crippen molar-refractivity contribution in [1.82, 2.24) is 9.80 Å². The third-order valence-electron chi connectivity index (χ3n) is 6.44. The quantitative estimate of drug-likeness (QED) is 0.439. The van der Waals surface area contributed by atoms with E-state index in [9.17, 15) is 9.59 Å². The standard InChI is InChI=1S/C26H28Cl2N2O3S/c1-33-24-7-4-21(28)16-23(24)26(32)30-14-10-19(17-30)25(31)29-12-8-18(9-13-29)11-15-34-22-5-2-20(27)3-6-22/h2-7,11,15-16,18-19H,8-10,12-14,17H2,1H3/b15-11+. The second-order valence-corrected chi connectivity index (χ2v) is 10.5. The van der Waals surface area contributed by atoms with E-state index in [1.807, 2.05) is 29.2 Å². The number of thioether (sulfide) groups is 1. The highest BCUT2D eigenvalue weighted by Gasteiger charge is 2.35. The van der Waals surface area contributed by atoms with Crippen molar-refractivity contribution >= 4 is 46.8 Å². The predicted octanol–water partition coefficient (Wildman–Crippen LogP) is 6.01. The Labute approximate surface area is 215 Å². The van der Waals surface area contributed by atoms with Crippen LogP contribution >= 0.6 is 35.0 Å². The molecule has 5 nitrogen and oxygen atoms in total. The zero-order valence-corrected chi connectivity index (χ0v) is 21.4. The fourth-order valence-corrected chi connectivity index (χ4v) is 5.53. The van der Waals surface area contributed by atoms with Gasteiger partial charge in [-0.3, -0.25) is 9.59 Å². The number of carbonyl (C=O) groups is 2. The van der Waals surface area contributed by atoms with Crippen molar-refractivity contribution in [2.24, 2.45) is 11.8 Å². The number of amides is 2. The molecule has 34 heavy (non-hydrogen) atoms. The topological polar surface area (TPSA) is 49.9 Å². The molecule has 2 aliphatic rings. The summed E-state index contributed by atoms with van der Waals surface area (Å²) >= 11 is 13.7. The SMILES string of the molecule is COc1ccc(Cl)cc1C(=O)N1CCC(C(=O)N2CCC(/C=C/Sc3ccc(Cl)cc3)CC2)C1. The summed E-state index contributed by atoms with van der Waals surface area (Å²) in [5, 5.41) is 3.36. The van der Waals surface area contributed by atoms with E-state index in [1.165, 1.54) is 7.11 Å². The Kier molecular flexibility index (Phi) is 8.46. The molecule has 0 bridgehead atoms. The first-order valence-electron chi connectivity index (χ1n) is 11.4. The Balaban J connectivity index is 1.26. The van der Waals surface area contributed by atoms with Crippen molar-refractivity contribution < 1.29 is 14.3 Å². The van der Waals surface area contributed by atoms with E-state index in [2.05, 4.69) is 11.5 Å². The van der Waals surface area contributed by atoms with Gasteiger partial charge in [0.25, 0.3) is 5.91 Å². The molecule has 0 aromatic heterocycles. The molecule has 1 unspecified atom stereocenters. The highest BCUT2D eigenvalue weighted by molar-refractivity contribution is 8.02. The van der Waals surface area contributed by atoms with Gasteiger partial charge >= 0.3 is 0 Å². The first-order valence-corrected chi connectivity index (χ1v) is 13.1. The second-order valence-electron chi connectivity index (χ2n) is 8.64. The van der Waals surface area contributed by atoms with Gasteiger partial charge < -0.3 is 14.5 Å². The molecule has 0 radical (unpaired) electrons. The van der Waals surface area contributed by atoms with Crippen LogP contribution in [0, 0.1) is 11.8 Å². The molecule has 180 valence electrons. The van der Waals surface area contributed by atoms with Gasteiger partial charge in [0.1, 0.15) is 5.75 Å². The molecular formula is C26H28Cl2N2O3S. The summed E-state index contributed by atoms with van der Waals surface area (Å²) in [7, 11) is 1.53. The number of halogens is 2. The lowest BCUT2D eigenvalue weighted by atomic mass is 9.95. The smallest absolute Gasteiger partial charge is 0.257 e. The average Bonchev–Trinajstić information content (AvgIpc) is 3.35. The summed E-state index contributed by atoms with van der Waals surface area (Å²) < 4.78 is 5.32. The zero-order valence-electron chi connectivity index (χ0n) is 19.1. The number of benzene rings is 2. The minimum absolute atomic E-state index is 0.142. The number of rotatable bonds is 6. The van der Waals surface area contributed by atoms with Crippen LogP contribution in [-0.2, 0) is 4.79 Å². The Morgan fingerprint density at radius 1 is 0.971 bits per heavy atom. The number of nitrogens with zero attached hydrogens (tertiary/aromatic N) is 2. The number of hydrogen-bond acceptors (Lipinski definition) is 4. The van der Waals surface area contributed by atoms with Crippen LogP contribution in [0.5, 0.6) is 5.75 Å². The molecule has 2 aliphatic heterocycles. The van der Waals surface area contributed by atoms with E-state index in [0.29, 0.717) is 41.8 Å². The highest BCUT2D eigenvalue weighted by Crippen LogP contribution is 2.29. The Hall–Kier alpha value is -2.15. The highest BCUT2D eigenvalue weighted by atomic mass is 35.5. The van der Waals surface area contributed by atoms with Crippen LogP contribution in [0.4, 0.5) is 0 Å². The first-order chi connectivity index (χ1) is 16.4. The molecule has 4 rings (SSSR count). The summed E-state index contributed by atoms with van der Waals surface area (Å²) in [4.78, 5) is 31.0. The van der Waals surface area contributed by atoms with E-state index in [1.54, 1.807) is 34.9 Å². The van der Waals surface area contributed by atoms with Gasteiger partial charge in [0, 0.05) is 41.1 Å². The molecule has 8 heteroatoms. The van der Waals surface area contributed by atoms with Crippen molar-refractivity contribution in [3.63, 3.8) is 0 Å². The zero-order chi connectivity index (χ0) is 24.1. The maximum Gasteiger partial charge on any atom is 0.257 e. The molecule has 0 spiro atoms. The lowest BCUT2D eigenvalue weighted by Crippen LogP contribution is -2.42. The first kappa shape index (κ1) is 25.0. The third kappa shape index (κ3) is 6.09. The van der Waals surface area contributed by atoms with Crippen molar-refractivity contribution in [3.8, 4) is 5.75 Å². The van der Waals surface area contributed by atoms with Crippen LogP contribution in [0.25, 0.3) is 0 Å². The Morgan fingerprint density at radius 2 is 1.65 bits per heavy atom. The maximum atomic E-state index is 13.1. The van der Waals surface area contributed by atoms with Crippen LogP contribution < -0.4 is 4.74 Å². The van der Waals surface area contributed by atoms with Gasteiger partial charge in [-0.1, -0.05) is 41.0 Å². The van der Waals surface area contributed by atoms with Crippen LogP contribution in [0.1, 0.15) is 29.6 Å². The monoisotopic (exact) mass is 518 g/mol. The second kappa shape index (κ2) is 11.5. The van der Waals surface area contributed by atoms with Gasteiger partial charge in [-0.05, 0) is 73.1 Å². The molecule has 2 fully saturated rings. The van der Waals surface area contributed by atoms with E-state index in [0.717, 1.165) is 35.8 Å². The number of allylic oxidation sites excluding steroid dienone is 1. The molecule has 2 heterocycles. The maximum absolute atomic E-state index is 13.1. The van der Waals surface area contributed by atoms with E-state index >= 15 is 0 Å². The lowest BCUT2D eigenvalue weighted by Gasteiger charge is -2.32. The summed E-state index contributed by atoms with van der Waals surface area (Å²) in [6.45, 7) is 2.51. The molecule has 2 aromatic rings. The van der Waals surface area contributed by atoms with Crippen LogP contribution in [0.15, 0.2) is 58.8 Å². The Bertz CT molecular complexity index is 1050. The van der Waals surface area contributed by atoms with Gasteiger partial charge in [-0.15, -0.1) is 0 Å². The van der Waals surface area contributed by atoms with Crippen LogP contribution in [0.3, 0.4) is 0 Å². The molecule has 0 N–H and O–H groups in total. The van der Waals surface area contributed by atoms with Gasteiger partial charge in [-0.25, -0.2) is 0 Å².